The van der Waals surface area contributed by atoms with Crippen LogP contribution in [0.2, 0.25) is 5.02 Å². The summed E-state index contributed by atoms with van der Waals surface area (Å²) in [4.78, 5) is 0. The lowest BCUT2D eigenvalue weighted by Gasteiger charge is -2.26. The number of halogens is 1. The smallest absolute Gasteiger partial charge is 0.141 e. The van der Waals surface area contributed by atoms with Gasteiger partial charge in [-0.3, -0.25) is 0 Å². The summed E-state index contributed by atoms with van der Waals surface area (Å²) in [6, 6.07) is 2.40. The van der Waals surface area contributed by atoms with E-state index in [0.29, 0.717) is 5.92 Å². The molecular weight excluding hydrogens is 270 g/mol. The first-order valence-corrected chi connectivity index (χ1v) is 8.28. The van der Waals surface area contributed by atoms with Crippen molar-refractivity contribution in [3.8, 4) is 5.75 Å². The Morgan fingerprint density at radius 1 is 1.15 bits per heavy atom. The Morgan fingerprint density at radius 3 is 2.65 bits per heavy atom. The van der Waals surface area contributed by atoms with E-state index >= 15 is 0 Å². The molecule has 0 bridgehead atoms. The number of nitrogens with one attached hydrogen (secondary N) is 1. The lowest BCUT2D eigenvalue weighted by molar-refractivity contribution is 0.391. The van der Waals surface area contributed by atoms with Crippen LogP contribution in [-0.4, -0.2) is 20.2 Å². The van der Waals surface area contributed by atoms with Crippen molar-refractivity contribution in [2.45, 2.75) is 50.9 Å². The molecule has 110 valence electrons. The molecule has 0 amide bonds. The largest absolute Gasteiger partial charge is 0.495 e. The normalized spacial score (nSPS) is 20.3. The molecule has 3 heteroatoms. The average molecular weight is 294 g/mol. The van der Waals surface area contributed by atoms with Crippen LogP contribution >= 0.6 is 11.6 Å². The predicted octanol–water partition coefficient (Wildman–Crippen LogP) is 4.08. The highest BCUT2D eigenvalue weighted by Crippen LogP contribution is 2.42. The second-order valence-electron chi connectivity index (χ2n) is 6.04. The van der Waals surface area contributed by atoms with Gasteiger partial charge in [-0.05, 0) is 74.2 Å². The number of methoxy groups -OCH3 is 1. The van der Waals surface area contributed by atoms with Crippen molar-refractivity contribution in [2.75, 3.05) is 20.2 Å². The number of benzene rings is 1. The SMILES string of the molecule is COc1c(C2CCNCC2)cc2c(c1Cl)CCCCC2. The summed E-state index contributed by atoms with van der Waals surface area (Å²) in [7, 11) is 1.76. The Hall–Kier alpha value is -0.730. The van der Waals surface area contributed by atoms with E-state index in [9.17, 15) is 0 Å². The molecule has 1 N–H and O–H groups in total. The summed E-state index contributed by atoms with van der Waals surface area (Å²) < 4.78 is 5.68. The monoisotopic (exact) mass is 293 g/mol. The summed E-state index contributed by atoms with van der Waals surface area (Å²) in [5, 5.41) is 4.32. The molecule has 1 aromatic rings. The van der Waals surface area contributed by atoms with Gasteiger partial charge >= 0.3 is 0 Å². The molecule has 2 aliphatic rings. The van der Waals surface area contributed by atoms with Gasteiger partial charge in [0.2, 0.25) is 0 Å². The molecule has 0 atom stereocenters. The summed E-state index contributed by atoms with van der Waals surface area (Å²) in [5.41, 5.74) is 4.17. The minimum Gasteiger partial charge on any atom is -0.495 e. The van der Waals surface area contributed by atoms with Crippen LogP contribution in [-0.2, 0) is 12.8 Å². The second kappa shape index (κ2) is 6.36. The molecule has 1 heterocycles. The van der Waals surface area contributed by atoms with E-state index in [1.54, 1.807) is 7.11 Å². The van der Waals surface area contributed by atoms with Crippen LogP contribution in [0.4, 0.5) is 0 Å². The zero-order valence-corrected chi connectivity index (χ0v) is 13.1. The number of rotatable bonds is 2. The Morgan fingerprint density at radius 2 is 1.90 bits per heavy atom. The number of ether oxygens (including phenoxy) is 1. The van der Waals surface area contributed by atoms with Gasteiger partial charge in [0.05, 0.1) is 12.1 Å². The van der Waals surface area contributed by atoms with Gasteiger partial charge in [-0.2, -0.15) is 0 Å². The zero-order valence-electron chi connectivity index (χ0n) is 12.3. The lowest BCUT2D eigenvalue weighted by Crippen LogP contribution is -2.27. The molecule has 2 nitrogen and oxygen atoms in total. The minimum absolute atomic E-state index is 0.595. The number of hydrogen-bond acceptors (Lipinski definition) is 2. The molecule has 1 saturated heterocycles. The molecule has 0 unspecified atom stereocenters. The third-order valence-corrected chi connectivity index (χ3v) is 5.20. The Labute approximate surface area is 126 Å². The van der Waals surface area contributed by atoms with Crippen molar-refractivity contribution in [3.63, 3.8) is 0 Å². The van der Waals surface area contributed by atoms with Crippen molar-refractivity contribution >= 4 is 11.6 Å². The van der Waals surface area contributed by atoms with E-state index in [1.807, 2.05) is 0 Å². The van der Waals surface area contributed by atoms with Crippen LogP contribution in [0, 0.1) is 0 Å². The van der Waals surface area contributed by atoms with E-state index in [4.69, 9.17) is 16.3 Å². The van der Waals surface area contributed by atoms with Gasteiger partial charge in [0.1, 0.15) is 5.75 Å². The van der Waals surface area contributed by atoms with Crippen molar-refractivity contribution < 1.29 is 4.74 Å². The standard InChI is InChI=1S/C17H24ClNO/c1-20-17-15(12-7-9-19-10-8-12)11-13-5-3-2-4-6-14(13)16(17)18/h11-12,19H,2-10H2,1H3. The van der Waals surface area contributed by atoms with E-state index in [2.05, 4.69) is 11.4 Å². The van der Waals surface area contributed by atoms with Crippen molar-refractivity contribution in [3.05, 3.63) is 27.8 Å². The Balaban J connectivity index is 2.04. The first kappa shape index (κ1) is 14.2. The number of aryl methyl sites for hydroxylation is 1. The maximum atomic E-state index is 6.68. The highest BCUT2D eigenvalue weighted by molar-refractivity contribution is 6.33. The van der Waals surface area contributed by atoms with Crippen LogP contribution in [0.3, 0.4) is 0 Å². The maximum absolute atomic E-state index is 6.68. The fraction of sp³-hybridized carbons (Fsp3) is 0.647. The van der Waals surface area contributed by atoms with Gasteiger partial charge in [0, 0.05) is 0 Å². The summed E-state index contributed by atoms with van der Waals surface area (Å²) in [6.45, 7) is 2.20. The van der Waals surface area contributed by atoms with E-state index in [0.717, 1.165) is 30.3 Å². The van der Waals surface area contributed by atoms with Gasteiger partial charge in [-0.25, -0.2) is 0 Å². The van der Waals surface area contributed by atoms with Crippen molar-refractivity contribution in [2.24, 2.45) is 0 Å². The molecule has 0 spiro atoms. The summed E-state index contributed by atoms with van der Waals surface area (Å²) in [5.74, 6) is 1.54. The number of piperidine rings is 1. The summed E-state index contributed by atoms with van der Waals surface area (Å²) >= 11 is 6.68. The Bertz CT molecular complexity index is 480. The van der Waals surface area contributed by atoms with E-state index < -0.39 is 0 Å². The molecule has 1 fully saturated rings. The molecule has 3 rings (SSSR count). The van der Waals surface area contributed by atoms with Crippen LogP contribution in [0.5, 0.6) is 5.75 Å². The first-order valence-electron chi connectivity index (χ1n) is 7.90. The van der Waals surface area contributed by atoms with Crippen LogP contribution in [0.1, 0.15) is 54.7 Å². The van der Waals surface area contributed by atoms with Gasteiger partial charge in [0.25, 0.3) is 0 Å². The summed E-state index contributed by atoms with van der Waals surface area (Å²) in [6.07, 6.45) is 8.52. The molecule has 1 aliphatic carbocycles. The minimum atomic E-state index is 0.595. The van der Waals surface area contributed by atoms with Gasteiger partial charge in [0.15, 0.2) is 0 Å². The van der Waals surface area contributed by atoms with Gasteiger partial charge < -0.3 is 10.1 Å². The van der Waals surface area contributed by atoms with E-state index in [-0.39, 0.29) is 0 Å². The average Bonchev–Trinajstić information content (AvgIpc) is 2.73. The zero-order chi connectivity index (χ0) is 13.9. The lowest BCUT2D eigenvalue weighted by atomic mass is 9.86. The van der Waals surface area contributed by atoms with Crippen molar-refractivity contribution in [1.29, 1.82) is 0 Å². The van der Waals surface area contributed by atoms with Crippen LogP contribution in [0.25, 0.3) is 0 Å². The second-order valence-corrected chi connectivity index (χ2v) is 6.41. The molecular formula is C17H24ClNO. The van der Waals surface area contributed by atoms with Crippen LogP contribution in [0.15, 0.2) is 6.07 Å². The Kier molecular flexibility index (Phi) is 4.52. The topological polar surface area (TPSA) is 21.3 Å². The highest BCUT2D eigenvalue weighted by Gasteiger charge is 2.24. The maximum Gasteiger partial charge on any atom is 0.141 e. The third-order valence-electron chi connectivity index (χ3n) is 4.80. The fourth-order valence-corrected chi connectivity index (χ4v) is 4.08. The molecule has 1 aromatic carbocycles. The number of fused-ring (bicyclic) bond motifs is 1. The quantitative estimate of drug-likeness (QED) is 0.830. The molecule has 0 aromatic heterocycles. The third kappa shape index (κ3) is 2.68. The molecule has 20 heavy (non-hydrogen) atoms. The van der Waals surface area contributed by atoms with Crippen LogP contribution < -0.4 is 10.1 Å². The molecule has 0 saturated carbocycles. The molecule has 1 aliphatic heterocycles. The molecule has 0 radical (unpaired) electrons. The van der Waals surface area contributed by atoms with E-state index in [1.165, 1.54) is 55.2 Å². The number of hydrogen-bond donors (Lipinski definition) is 1. The predicted molar refractivity (Wildman–Crippen MR) is 84.1 cm³/mol. The first-order chi connectivity index (χ1) is 9.81. The highest BCUT2D eigenvalue weighted by atomic mass is 35.5. The van der Waals surface area contributed by atoms with Gasteiger partial charge in [-0.1, -0.05) is 24.1 Å². The van der Waals surface area contributed by atoms with Crippen molar-refractivity contribution in [1.82, 2.24) is 5.32 Å². The fourth-order valence-electron chi connectivity index (χ4n) is 3.68. The van der Waals surface area contributed by atoms with Gasteiger partial charge in [-0.15, -0.1) is 0 Å².